The fourth-order valence-corrected chi connectivity index (χ4v) is 2.14. The van der Waals surface area contributed by atoms with Crippen LogP contribution >= 0.6 is 0 Å². The first-order chi connectivity index (χ1) is 10.2. The van der Waals surface area contributed by atoms with Crippen LogP contribution in [-0.4, -0.2) is 28.8 Å². The van der Waals surface area contributed by atoms with Gasteiger partial charge < -0.3 is 0 Å². The third-order valence-corrected chi connectivity index (χ3v) is 3.42. The van der Waals surface area contributed by atoms with Crippen LogP contribution in [0.5, 0.6) is 0 Å². The van der Waals surface area contributed by atoms with Gasteiger partial charge in [-0.2, -0.15) is 0 Å². The van der Waals surface area contributed by atoms with E-state index in [9.17, 15) is 9.18 Å². The first-order valence-electron chi connectivity index (χ1n) is 7.09. The summed E-state index contributed by atoms with van der Waals surface area (Å²) in [5.41, 5.74) is 1.75. The van der Waals surface area contributed by atoms with Crippen molar-refractivity contribution >= 4 is 5.78 Å². The second-order valence-corrected chi connectivity index (χ2v) is 4.90. The molecule has 0 aliphatic heterocycles. The average molecular weight is 286 g/mol. The summed E-state index contributed by atoms with van der Waals surface area (Å²) in [7, 11) is 0. The van der Waals surface area contributed by atoms with E-state index in [0.29, 0.717) is 18.5 Å². The minimum atomic E-state index is -0.320. The fourth-order valence-electron chi connectivity index (χ4n) is 2.14. The molecule has 0 amide bonds. The summed E-state index contributed by atoms with van der Waals surface area (Å²) in [5, 5.41) is 0. The molecule has 0 fully saturated rings. The molecule has 3 nitrogen and oxygen atoms in total. The van der Waals surface area contributed by atoms with Crippen molar-refractivity contribution in [2.45, 2.75) is 19.9 Å². The summed E-state index contributed by atoms with van der Waals surface area (Å²) in [4.78, 5) is 18.3. The molecular weight excluding hydrogens is 267 g/mol. The molecule has 0 saturated heterocycles. The standard InChI is InChI=1S/C17H19FN2O/c1-2-20(13-14-7-10-19-11-8-14)12-9-17(21)15-3-5-16(18)6-4-15/h3-8,10-11H,2,9,12-13H2,1H3. The van der Waals surface area contributed by atoms with E-state index in [1.807, 2.05) is 12.1 Å². The van der Waals surface area contributed by atoms with Gasteiger partial charge in [0.15, 0.2) is 5.78 Å². The van der Waals surface area contributed by atoms with Gasteiger partial charge in [-0.3, -0.25) is 14.7 Å². The summed E-state index contributed by atoms with van der Waals surface area (Å²) in [6.07, 6.45) is 3.98. The zero-order chi connectivity index (χ0) is 15.1. The van der Waals surface area contributed by atoms with E-state index in [0.717, 1.165) is 13.1 Å². The summed E-state index contributed by atoms with van der Waals surface area (Å²) in [6, 6.07) is 9.67. The van der Waals surface area contributed by atoms with Gasteiger partial charge in [0.05, 0.1) is 0 Å². The minimum absolute atomic E-state index is 0.0446. The zero-order valence-corrected chi connectivity index (χ0v) is 12.1. The van der Waals surface area contributed by atoms with E-state index in [1.54, 1.807) is 12.4 Å². The maximum absolute atomic E-state index is 12.8. The highest BCUT2D eigenvalue weighted by atomic mass is 19.1. The Kier molecular flexibility index (Phi) is 5.58. The number of hydrogen-bond acceptors (Lipinski definition) is 3. The molecule has 0 saturated carbocycles. The number of Topliss-reactive ketones (excluding diaryl/α,β-unsaturated/α-hetero) is 1. The third-order valence-electron chi connectivity index (χ3n) is 3.42. The SMILES string of the molecule is CCN(CCC(=O)c1ccc(F)cc1)Cc1ccncc1. The topological polar surface area (TPSA) is 33.2 Å². The van der Waals surface area contributed by atoms with Crippen LogP contribution in [0.25, 0.3) is 0 Å². The third kappa shape index (κ3) is 4.76. The van der Waals surface area contributed by atoms with Gasteiger partial charge in [-0.25, -0.2) is 4.39 Å². The van der Waals surface area contributed by atoms with Crippen molar-refractivity contribution in [3.05, 3.63) is 65.7 Å². The molecular formula is C17H19FN2O. The molecule has 1 aromatic heterocycles. The van der Waals surface area contributed by atoms with Crippen molar-refractivity contribution < 1.29 is 9.18 Å². The van der Waals surface area contributed by atoms with Crippen molar-refractivity contribution in [2.24, 2.45) is 0 Å². The van der Waals surface area contributed by atoms with E-state index >= 15 is 0 Å². The van der Waals surface area contributed by atoms with Gasteiger partial charge in [0.1, 0.15) is 5.82 Å². The highest BCUT2D eigenvalue weighted by molar-refractivity contribution is 5.96. The molecule has 0 radical (unpaired) electrons. The monoisotopic (exact) mass is 286 g/mol. The van der Waals surface area contributed by atoms with Crippen LogP contribution in [0, 0.1) is 5.82 Å². The average Bonchev–Trinajstić information content (AvgIpc) is 2.52. The van der Waals surface area contributed by atoms with Crippen molar-refractivity contribution in [1.29, 1.82) is 0 Å². The Morgan fingerprint density at radius 2 is 1.81 bits per heavy atom. The molecule has 110 valence electrons. The van der Waals surface area contributed by atoms with E-state index in [2.05, 4.69) is 16.8 Å². The van der Waals surface area contributed by atoms with Crippen LogP contribution in [0.15, 0.2) is 48.8 Å². The molecule has 0 atom stereocenters. The van der Waals surface area contributed by atoms with Crippen LogP contribution in [0.1, 0.15) is 29.3 Å². The lowest BCUT2D eigenvalue weighted by atomic mass is 10.1. The highest BCUT2D eigenvalue weighted by Gasteiger charge is 2.09. The molecule has 2 rings (SSSR count). The molecule has 0 aliphatic carbocycles. The summed E-state index contributed by atoms with van der Waals surface area (Å²) in [6.45, 7) is 4.44. The second kappa shape index (κ2) is 7.64. The van der Waals surface area contributed by atoms with Gasteiger partial charge in [-0.1, -0.05) is 6.92 Å². The van der Waals surface area contributed by atoms with Gasteiger partial charge in [0.2, 0.25) is 0 Å². The summed E-state index contributed by atoms with van der Waals surface area (Å²) >= 11 is 0. The molecule has 4 heteroatoms. The van der Waals surface area contributed by atoms with Crippen molar-refractivity contribution in [3.63, 3.8) is 0 Å². The van der Waals surface area contributed by atoms with Gasteiger partial charge in [-0.15, -0.1) is 0 Å². The molecule has 0 bridgehead atoms. The number of benzene rings is 1. The van der Waals surface area contributed by atoms with Crippen LogP contribution in [0.4, 0.5) is 4.39 Å². The van der Waals surface area contributed by atoms with E-state index in [1.165, 1.54) is 29.8 Å². The Balaban J connectivity index is 1.88. The van der Waals surface area contributed by atoms with Gasteiger partial charge in [-0.05, 0) is 48.5 Å². The number of pyridine rings is 1. The Hall–Kier alpha value is -2.07. The maximum Gasteiger partial charge on any atom is 0.164 e. The lowest BCUT2D eigenvalue weighted by Crippen LogP contribution is -2.25. The number of hydrogen-bond donors (Lipinski definition) is 0. The highest BCUT2D eigenvalue weighted by Crippen LogP contribution is 2.08. The van der Waals surface area contributed by atoms with Gasteiger partial charge in [0.25, 0.3) is 0 Å². The maximum atomic E-state index is 12.8. The van der Waals surface area contributed by atoms with Crippen LogP contribution in [0.2, 0.25) is 0 Å². The predicted molar refractivity (Wildman–Crippen MR) is 80.5 cm³/mol. The first-order valence-corrected chi connectivity index (χ1v) is 7.09. The van der Waals surface area contributed by atoms with Crippen LogP contribution < -0.4 is 0 Å². The Labute approximate surface area is 124 Å². The number of halogens is 1. The minimum Gasteiger partial charge on any atom is -0.299 e. The van der Waals surface area contributed by atoms with Crippen molar-refractivity contribution in [1.82, 2.24) is 9.88 Å². The second-order valence-electron chi connectivity index (χ2n) is 4.90. The molecule has 21 heavy (non-hydrogen) atoms. The number of ketones is 1. The van der Waals surface area contributed by atoms with E-state index in [4.69, 9.17) is 0 Å². The normalized spacial score (nSPS) is 10.8. The lowest BCUT2D eigenvalue weighted by Gasteiger charge is -2.19. The van der Waals surface area contributed by atoms with Gasteiger partial charge >= 0.3 is 0 Å². The quantitative estimate of drug-likeness (QED) is 0.732. The number of aromatic nitrogens is 1. The van der Waals surface area contributed by atoms with Gasteiger partial charge in [0, 0.05) is 37.5 Å². The summed E-state index contributed by atoms with van der Waals surface area (Å²) < 4.78 is 12.8. The molecule has 0 aliphatic rings. The largest absolute Gasteiger partial charge is 0.299 e. The molecule has 1 aromatic carbocycles. The van der Waals surface area contributed by atoms with E-state index < -0.39 is 0 Å². The van der Waals surface area contributed by atoms with Crippen molar-refractivity contribution in [3.8, 4) is 0 Å². The smallest absolute Gasteiger partial charge is 0.164 e. The lowest BCUT2D eigenvalue weighted by molar-refractivity contribution is 0.0963. The summed E-state index contributed by atoms with van der Waals surface area (Å²) in [5.74, 6) is -0.275. The Morgan fingerprint density at radius 3 is 2.43 bits per heavy atom. The number of carbonyl (C=O) groups is 1. The van der Waals surface area contributed by atoms with Crippen LogP contribution in [0.3, 0.4) is 0 Å². The Bertz CT molecular complexity index is 569. The molecule has 0 spiro atoms. The number of carbonyl (C=O) groups excluding carboxylic acids is 1. The molecule has 0 N–H and O–H groups in total. The number of rotatable bonds is 7. The Morgan fingerprint density at radius 1 is 1.14 bits per heavy atom. The van der Waals surface area contributed by atoms with Crippen LogP contribution in [-0.2, 0) is 6.54 Å². The molecule has 0 unspecified atom stereocenters. The van der Waals surface area contributed by atoms with Crippen molar-refractivity contribution in [2.75, 3.05) is 13.1 Å². The predicted octanol–water partition coefficient (Wildman–Crippen LogP) is 3.32. The van der Waals surface area contributed by atoms with E-state index in [-0.39, 0.29) is 11.6 Å². The molecule has 2 aromatic rings. The molecule has 1 heterocycles. The number of nitrogens with zero attached hydrogens (tertiary/aromatic N) is 2. The zero-order valence-electron chi connectivity index (χ0n) is 12.1. The fraction of sp³-hybridized carbons (Fsp3) is 0.294. The first kappa shape index (κ1) is 15.3.